The van der Waals surface area contributed by atoms with Crippen molar-refractivity contribution in [3.8, 4) is 0 Å². The van der Waals surface area contributed by atoms with E-state index in [0.29, 0.717) is 10.9 Å². The van der Waals surface area contributed by atoms with Gasteiger partial charge in [-0.2, -0.15) is 0 Å². The van der Waals surface area contributed by atoms with Gasteiger partial charge < -0.3 is 9.15 Å². The van der Waals surface area contributed by atoms with E-state index in [9.17, 15) is 14.4 Å². The third-order valence-electron chi connectivity index (χ3n) is 3.35. The van der Waals surface area contributed by atoms with Crippen molar-refractivity contribution in [1.29, 1.82) is 0 Å². The minimum absolute atomic E-state index is 0.140. The maximum atomic E-state index is 12.3. The van der Waals surface area contributed by atoms with Crippen LogP contribution in [0.2, 0.25) is 0 Å². The van der Waals surface area contributed by atoms with Gasteiger partial charge in [0.2, 0.25) is 0 Å². The normalized spacial score (nSPS) is 15.9. The first kappa shape index (κ1) is 18.5. The summed E-state index contributed by atoms with van der Waals surface area (Å²) in [5, 5.41) is 0.202. The highest BCUT2D eigenvalue weighted by atomic mass is 32.2. The molecule has 1 saturated heterocycles. The zero-order chi connectivity index (χ0) is 18.5. The maximum absolute atomic E-state index is 12.3. The number of Topliss-reactive ketones (excluding diaryl/α,β-unsaturated/α-hetero) is 1. The van der Waals surface area contributed by atoms with Gasteiger partial charge in [0.1, 0.15) is 12.4 Å². The number of hydrogen-bond acceptors (Lipinski definition) is 7. The monoisotopic (exact) mass is 389 g/mol. The number of ketones is 1. The molecular formula is C18H15NO5S2. The molecule has 0 bridgehead atoms. The first-order chi connectivity index (χ1) is 12.6. The Kier molecular flexibility index (Phi) is 5.97. The molecule has 0 radical (unpaired) electrons. The van der Waals surface area contributed by atoms with E-state index in [0.717, 1.165) is 21.6 Å². The molecule has 0 atom stereocenters. The van der Waals surface area contributed by atoms with Gasteiger partial charge in [-0.05, 0) is 36.0 Å². The average Bonchev–Trinajstić information content (AvgIpc) is 3.16. The zero-order valence-electron chi connectivity index (χ0n) is 13.8. The molecular weight excluding hydrogens is 374 g/mol. The number of carbonyl (C=O) groups excluding carboxylic acids is 3. The van der Waals surface area contributed by atoms with Gasteiger partial charge >= 0.3 is 0 Å². The fraction of sp³-hybridized carbons (Fsp3) is 0.167. The second-order valence-corrected chi connectivity index (χ2v) is 7.38. The highest BCUT2D eigenvalue weighted by molar-refractivity contribution is 8.18. The van der Waals surface area contributed by atoms with E-state index in [2.05, 4.69) is 0 Å². The molecule has 1 aliphatic heterocycles. The Morgan fingerprint density at radius 2 is 2.00 bits per heavy atom. The summed E-state index contributed by atoms with van der Waals surface area (Å²) >= 11 is 2.25. The van der Waals surface area contributed by atoms with Crippen LogP contribution in [0.15, 0.2) is 61.8 Å². The quantitative estimate of drug-likeness (QED) is 0.669. The lowest BCUT2D eigenvalue weighted by atomic mass is 10.3. The van der Waals surface area contributed by atoms with Crippen LogP contribution in [0, 0.1) is 0 Å². The van der Waals surface area contributed by atoms with E-state index < -0.39 is 11.1 Å². The summed E-state index contributed by atoms with van der Waals surface area (Å²) in [4.78, 5) is 38.1. The van der Waals surface area contributed by atoms with Gasteiger partial charge in [-0.15, -0.1) is 0 Å². The van der Waals surface area contributed by atoms with Crippen molar-refractivity contribution in [3.63, 3.8) is 0 Å². The molecule has 2 amide bonds. The number of amides is 2. The SMILES string of the molecule is COCC(=O)CN1C(=O)S/C(=C/c2ccc(Sc3ccccc3)o2)C1=O. The number of nitrogens with zero attached hydrogens (tertiary/aromatic N) is 1. The van der Waals surface area contributed by atoms with E-state index in [1.165, 1.54) is 24.9 Å². The molecule has 2 heterocycles. The van der Waals surface area contributed by atoms with Gasteiger partial charge in [-0.3, -0.25) is 19.3 Å². The largest absolute Gasteiger partial charge is 0.450 e. The average molecular weight is 389 g/mol. The van der Waals surface area contributed by atoms with Gasteiger partial charge in [-0.1, -0.05) is 30.0 Å². The predicted octanol–water partition coefficient (Wildman–Crippen LogP) is 3.68. The van der Waals surface area contributed by atoms with Crippen LogP contribution in [-0.2, 0) is 14.3 Å². The van der Waals surface area contributed by atoms with Crippen LogP contribution >= 0.6 is 23.5 Å². The lowest BCUT2D eigenvalue weighted by Gasteiger charge is -2.10. The molecule has 0 N–H and O–H groups in total. The van der Waals surface area contributed by atoms with Crippen molar-refractivity contribution in [2.45, 2.75) is 9.99 Å². The number of methoxy groups -OCH3 is 1. The minimum Gasteiger partial charge on any atom is -0.450 e. The second-order valence-electron chi connectivity index (χ2n) is 5.31. The number of furan rings is 1. The van der Waals surface area contributed by atoms with Gasteiger partial charge in [0.05, 0.1) is 11.4 Å². The summed E-state index contributed by atoms with van der Waals surface area (Å²) in [6.07, 6.45) is 1.51. The second kappa shape index (κ2) is 8.39. The van der Waals surface area contributed by atoms with Crippen molar-refractivity contribution < 1.29 is 23.5 Å². The van der Waals surface area contributed by atoms with Crippen LogP contribution in [0.4, 0.5) is 4.79 Å². The van der Waals surface area contributed by atoms with Gasteiger partial charge in [-0.25, -0.2) is 0 Å². The molecule has 0 aliphatic carbocycles. The smallest absolute Gasteiger partial charge is 0.293 e. The summed E-state index contributed by atoms with van der Waals surface area (Å²) in [7, 11) is 1.38. The van der Waals surface area contributed by atoms with Crippen molar-refractivity contribution >= 4 is 46.5 Å². The summed E-state index contributed by atoms with van der Waals surface area (Å²) in [6, 6.07) is 13.3. The number of ether oxygens (including phenoxy) is 1. The lowest BCUT2D eigenvalue weighted by molar-refractivity contribution is -0.130. The number of rotatable bonds is 7. The van der Waals surface area contributed by atoms with Gasteiger partial charge in [0.15, 0.2) is 10.9 Å². The molecule has 134 valence electrons. The number of carbonyl (C=O) groups is 3. The van der Waals surface area contributed by atoms with E-state index in [-0.39, 0.29) is 23.8 Å². The van der Waals surface area contributed by atoms with Crippen LogP contribution in [-0.4, -0.2) is 42.1 Å². The first-order valence-corrected chi connectivity index (χ1v) is 9.29. The highest BCUT2D eigenvalue weighted by Gasteiger charge is 2.36. The van der Waals surface area contributed by atoms with Crippen LogP contribution < -0.4 is 0 Å². The summed E-state index contributed by atoms with van der Waals surface area (Å²) in [5.74, 6) is -0.370. The highest BCUT2D eigenvalue weighted by Crippen LogP contribution is 2.34. The summed E-state index contributed by atoms with van der Waals surface area (Å²) in [5.41, 5.74) is 0. The van der Waals surface area contributed by atoms with Crippen LogP contribution in [0.5, 0.6) is 0 Å². The summed E-state index contributed by atoms with van der Waals surface area (Å²) in [6.45, 7) is -0.428. The molecule has 1 fully saturated rings. The van der Waals surface area contributed by atoms with Gasteiger partial charge in [0, 0.05) is 18.1 Å². The molecule has 1 aromatic heterocycles. The Morgan fingerprint density at radius 3 is 2.73 bits per heavy atom. The first-order valence-electron chi connectivity index (χ1n) is 7.65. The van der Waals surface area contributed by atoms with Gasteiger partial charge in [0.25, 0.3) is 11.1 Å². The molecule has 1 aromatic carbocycles. The number of benzene rings is 1. The molecule has 0 saturated carbocycles. The van der Waals surface area contributed by atoms with E-state index in [4.69, 9.17) is 9.15 Å². The Hall–Kier alpha value is -2.29. The zero-order valence-corrected chi connectivity index (χ0v) is 15.5. The Labute approximate surface area is 158 Å². The topological polar surface area (TPSA) is 76.8 Å². The Bertz CT molecular complexity index is 859. The fourth-order valence-electron chi connectivity index (χ4n) is 2.22. The van der Waals surface area contributed by atoms with Crippen LogP contribution in [0.3, 0.4) is 0 Å². The molecule has 26 heavy (non-hydrogen) atoms. The van der Waals surface area contributed by atoms with Crippen molar-refractivity contribution in [3.05, 3.63) is 53.1 Å². The van der Waals surface area contributed by atoms with Crippen molar-refractivity contribution in [2.24, 2.45) is 0 Å². The van der Waals surface area contributed by atoms with Crippen molar-refractivity contribution in [1.82, 2.24) is 4.90 Å². The molecule has 0 spiro atoms. The Morgan fingerprint density at radius 1 is 1.23 bits per heavy atom. The minimum atomic E-state index is -0.502. The van der Waals surface area contributed by atoms with E-state index in [1.807, 2.05) is 30.3 Å². The fourth-order valence-corrected chi connectivity index (χ4v) is 3.84. The molecule has 6 nitrogen and oxygen atoms in total. The molecule has 1 aliphatic rings. The van der Waals surface area contributed by atoms with Crippen molar-refractivity contribution in [2.75, 3.05) is 20.3 Å². The molecule has 3 rings (SSSR count). The van der Waals surface area contributed by atoms with Crippen LogP contribution in [0.25, 0.3) is 6.08 Å². The molecule has 2 aromatic rings. The molecule has 8 heteroatoms. The van der Waals surface area contributed by atoms with E-state index >= 15 is 0 Å². The third-order valence-corrected chi connectivity index (χ3v) is 5.19. The number of thioether (sulfide) groups is 1. The maximum Gasteiger partial charge on any atom is 0.293 e. The Balaban J connectivity index is 1.69. The van der Waals surface area contributed by atoms with E-state index in [1.54, 1.807) is 12.1 Å². The lowest BCUT2D eigenvalue weighted by Crippen LogP contribution is -2.34. The third kappa shape index (κ3) is 4.46. The standard InChI is InChI=1S/C18H15NO5S2/c1-23-11-12(20)10-19-17(21)15(26-18(19)22)9-13-7-8-16(24-13)25-14-5-3-2-4-6-14/h2-9H,10-11H2,1H3/b15-9+. The summed E-state index contributed by atoms with van der Waals surface area (Å²) < 4.78 is 10.4. The number of imide groups is 1. The molecule has 0 unspecified atom stereocenters. The predicted molar refractivity (Wildman–Crippen MR) is 98.8 cm³/mol. The number of hydrogen-bond donors (Lipinski definition) is 0. The van der Waals surface area contributed by atoms with Crippen LogP contribution in [0.1, 0.15) is 5.76 Å².